The molecular formula is C21H30N4O2S. The summed E-state index contributed by atoms with van der Waals surface area (Å²) >= 11 is 1.55. The van der Waals surface area contributed by atoms with E-state index in [1.54, 1.807) is 18.7 Å². The van der Waals surface area contributed by atoms with Gasteiger partial charge in [0.15, 0.2) is 5.82 Å². The van der Waals surface area contributed by atoms with Crippen LogP contribution in [0, 0.1) is 18.8 Å². The third-order valence-corrected chi connectivity index (χ3v) is 6.01. The normalized spacial score (nSPS) is 20.2. The minimum atomic E-state index is -0.0206. The number of amides is 1. The number of benzene rings is 1. The van der Waals surface area contributed by atoms with E-state index in [2.05, 4.69) is 34.2 Å². The van der Waals surface area contributed by atoms with Gasteiger partial charge in [-0.1, -0.05) is 31.1 Å². The summed E-state index contributed by atoms with van der Waals surface area (Å²) < 4.78 is 5.00. The maximum atomic E-state index is 12.6. The zero-order chi connectivity index (χ0) is 19.9. The molecule has 2 atom stereocenters. The van der Waals surface area contributed by atoms with Crippen LogP contribution in [0.2, 0.25) is 0 Å². The number of hydrogen-bond donors (Lipinski definition) is 1. The van der Waals surface area contributed by atoms with E-state index < -0.39 is 0 Å². The van der Waals surface area contributed by atoms with Gasteiger partial charge in [0.05, 0.1) is 11.3 Å². The molecule has 6 nitrogen and oxygen atoms in total. The zero-order valence-electron chi connectivity index (χ0n) is 17.0. The summed E-state index contributed by atoms with van der Waals surface area (Å²) in [5, 5.41) is 6.98. The van der Waals surface area contributed by atoms with Crippen molar-refractivity contribution in [3.05, 3.63) is 41.5 Å². The van der Waals surface area contributed by atoms with E-state index in [9.17, 15) is 4.79 Å². The molecule has 1 saturated heterocycles. The Hall–Kier alpha value is -1.86. The number of carbonyl (C=O) groups excluding carboxylic acids is 1. The molecule has 0 saturated carbocycles. The fraction of sp³-hybridized carbons (Fsp3) is 0.571. The number of hydrogen-bond acceptors (Lipinski definition) is 6. The van der Waals surface area contributed by atoms with Gasteiger partial charge in [-0.25, -0.2) is 0 Å². The molecule has 3 rings (SSSR count). The molecule has 2 heterocycles. The van der Waals surface area contributed by atoms with Crippen molar-refractivity contribution in [2.75, 3.05) is 26.2 Å². The lowest BCUT2D eigenvalue weighted by molar-refractivity contribution is 0.0944. The van der Waals surface area contributed by atoms with Crippen molar-refractivity contribution in [1.29, 1.82) is 0 Å². The molecule has 0 aliphatic carbocycles. The number of thioether (sulfide) groups is 1. The lowest BCUT2D eigenvalue weighted by atomic mass is 9.92. The lowest BCUT2D eigenvalue weighted by Gasteiger charge is -2.34. The minimum Gasteiger partial charge on any atom is -0.352 e. The van der Waals surface area contributed by atoms with Gasteiger partial charge < -0.3 is 14.7 Å². The summed E-state index contributed by atoms with van der Waals surface area (Å²) in [5.74, 6) is 3.29. The van der Waals surface area contributed by atoms with Crippen LogP contribution in [0.4, 0.5) is 0 Å². The number of piperidine rings is 1. The fourth-order valence-electron chi connectivity index (χ4n) is 3.90. The van der Waals surface area contributed by atoms with Crippen LogP contribution in [0.5, 0.6) is 0 Å². The van der Waals surface area contributed by atoms with Gasteiger partial charge in [0.25, 0.3) is 5.91 Å². The van der Waals surface area contributed by atoms with Crippen molar-refractivity contribution >= 4 is 17.7 Å². The van der Waals surface area contributed by atoms with E-state index in [0.717, 1.165) is 29.7 Å². The molecule has 152 valence electrons. The minimum absolute atomic E-state index is 0.0206. The maximum absolute atomic E-state index is 12.6. The van der Waals surface area contributed by atoms with Crippen molar-refractivity contribution in [1.82, 2.24) is 20.4 Å². The summed E-state index contributed by atoms with van der Waals surface area (Å²) in [6.45, 7) is 10.5. The molecule has 2 unspecified atom stereocenters. The highest BCUT2D eigenvalue weighted by atomic mass is 32.2. The lowest BCUT2D eigenvalue weighted by Crippen LogP contribution is -2.40. The fourth-order valence-corrected chi connectivity index (χ4v) is 4.79. The number of nitrogens with zero attached hydrogens (tertiary/aromatic N) is 3. The largest absolute Gasteiger partial charge is 0.352 e. The average molecular weight is 403 g/mol. The monoisotopic (exact) mass is 402 g/mol. The molecule has 1 fully saturated rings. The van der Waals surface area contributed by atoms with Crippen LogP contribution in [0.3, 0.4) is 0 Å². The van der Waals surface area contributed by atoms with Crippen LogP contribution < -0.4 is 5.32 Å². The third-order valence-electron chi connectivity index (χ3n) is 4.94. The molecule has 28 heavy (non-hydrogen) atoms. The highest BCUT2D eigenvalue weighted by molar-refractivity contribution is 7.98. The Balaban J connectivity index is 1.46. The standard InChI is InChI=1S/C21H30N4O2S/c1-15-11-16(2)13-25(12-15)10-6-9-22-21(26)18-7-4-5-8-19(18)28-14-20-23-17(3)27-24-20/h4-5,7-8,15-16H,6,9-14H2,1-3H3,(H,22,26). The predicted octanol–water partition coefficient (Wildman–Crippen LogP) is 3.77. The smallest absolute Gasteiger partial charge is 0.252 e. The molecule has 7 heteroatoms. The Bertz CT molecular complexity index is 769. The van der Waals surface area contributed by atoms with Gasteiger partial charge in [0.2, 0.25) is 5.89 Å². The van der Waals surface area contributed by atoms with Gasteiger partial charge in [-0.05, 0) is 43.4 Å². The maximum Gasteiger partial charge on any atom is 0.252 e. The van der Waals surface area contributed by atoms with Gasteiger partial charge in [-0.2, -0.15) is 4.98 Å². The Labute approximate surface area is 171 Å². The topological polar surface area (TPSA) is 71.3 Å². The van der Waals surface area contributed by atoms with Crippen LogP contribution in [0.25, 0.3) is 0 Å². The molecule has 1 aromatic heterocycles. The second kappa shape index (κ2) is 10.1. The van der Waals surface area contributed by atoms with Crippen molar-refractivity contribution in [3.8, 4) is 0 Å². The van der Waals surface area contributed by atoms with Crippen LogP contribution >= 0.6 is 11.8 Å². The number of carbonyl (C=O) groups is 1. The van der Waals surface area contributed by atoms with Gasteiger partial charge in [-0.3, -0.25) is 4.79 Å². The number of nitrogens with one attached hydrogen (secondary N) is 1. The quantitative estimate of drug-likeness (QED) is 0.535. The van der Waals surface area contributed by atoms with E-state index in [1.807, 2.05) is 24.3 Å². The highest BCUT2D eigenvalue weighted by Crippen LogP contribution is 2.25. The second-order valence-electron chi connectivity index (χ2n) is 7.83. The highest BCUT2D eigenvalue weighted by Gasteiger charge is 2.21. The predicted molar refractivity (Wildman–Crippen MR) is 111 cm³/mol. The first-order valence-electron chi connectivity index (χ1n) is 10.0. The van der Waals surface area contributed by atoms with Crippen LogP contribution in [-0.2, 0) is 5.75 Å². The number of likely N-dealkylation sites (tertiary alicyclic amines) is 1. The van der Waals surface area contributed by atoms with Gasteiger partial charge in [0.1, 0.15) is 0 Å². The van der Waals surface area contributed by atoms with E-state index in [-0.39, 0.29) is 5.91 Å². The van der Waals surface area contributed by atoms with Crippen molar-refractivity contribution in [3.63, 3.8) is 0 Å². The summed E-state index contributed by atoms with van der Waals surface area (Å²) in [7, 11) is 0. The summed E-state index contributed by atoms with van der Waals surface area (Å²) in [6.07, 6.45) is 2.30. The molecule has 1 aliphatic heterocycles. The summed E-state index contributed by atoms with van der Waals surface area (Å²) in [4.78, 5) is 20.3. The molecule has 0 radical (unpaired) electrons. The Morgan fingerprint density at radius 1 is 1.29 bits per heavy atom. The van der Waals surface area contributed by atoms with Crippen molar-refractivity contribution < 1.29 is 9.32 Å². The first kappa shape index (κ1) is 20.9. The molecule has 1 aromatic carbocycles. The van der Waals surface area contributed by atoms with E-state index in [0.29, 0.717) is 29.6 Å². The molecule has 0 bridgehead atoms. The van der Waals surface area contributed by atoms with Gasteiger partial charge >= 0.3 is 0 Å². The number of aryl methyl sites for hydroxylation is 1. The number of rotatable bonds is 8. The van der Waals surface area contributed by atoms with Crippen LogP contribution in [0.1, 0.15) is 48.8 Å². The molecule has 1 N–H and O–H groups in total. The molecule has 0 spiro atoms. The molecular weight excluding hydrogens is 372 g/mol. The van der Waals surface area contributed by atoms with E-state index >= 15 is 0 Å². The number of aromatic nitrogens is 2. The molecule has 1 amide bonds. The van der Waals surface area contributed by atoms with E-state index in [1.165, 1.54) is 19.5 Å². The third kappa shape index (κ3) is 6.07. The van der Waals surface area contributed by atoms with Crippen molar-refractivity contribution in [2.24, 2.45) is 11.8 Å². The van der Waals surface area contributed by atoms with Gasteiger partial charge in [-0.15, -0.1) is 11.8 Å². The van der Waals surface area contributed by atoms with E-state index in [4.69, 9.17) is 4.52 Å². The summed E-state index contributed by atoms with van der Waals surface area (Å²) in [6, 6.07) is 7.67. The van der Waals surface area contributed by atoms with Crippen LogP contribution in [-0.4, -0.2) is 47.1 Å². The first-order valence-corrected chi connectivity index (χ1v) is 11.0. The molecule has 1 aliphatic rings. The SMILES string of the molecule is Cc1nc(CSc2ccccc2C(=O)NCCCN2CC(C)CC(C)C2)no1. The Kier molecular flexibility index (Phi) is 7.50. The molecule has 2 aromatic rings. The first-order chi connectivity index (χ1) is 13.5. The van der Waals surface area contributed by atoms with Crippen LogP contribution in [0.15, 0.2) is 33.7 Å². The Morgan fingerprint density at radius 3 is 2.75 bits per heavy atom. The summed E-state index contributed by atoms with van der Waals surface area (Å²) in [5.41, 5.74) is 0.702. The van der Waals surface area contributed by atoms with Gasteiger partial charge in [0, 0.05) is 31.5 Å². The zero-order valence-corrected chi connectivity index (χ0v) is 17.8. The van der Waals surface area contributed by atoms with Crippen molar-refractivity contribution in [2.45, 2.75) is 44.3 Å². The average Bonchev–Trinajstić information content (AvgIpc) is 3.08. The Morgan fingerprint density at radius 2 is 2.04 bits per heavy atom. The second-order valence-corrected chi connectivity index (χ2v) is 8.85.